The van der Waals surface area contributed by atoms with E-state index in [9.17, 15) is 9.59 Å². The van der Waals surface area contributed by atoms with Crippen molar-refractivity contribution >= 4 is 17.5 Å². The van der Waals surface area contributed by atoms with Crippen LogP contribution in [0.15, 0.2) is 42.5 Å². The van der Waals surface area contributed by atoms with Gasteiger partial charge in [-0.1, -0.05) is 55.0 Å². The second-order valence-corrected chi connectivity index (χ2v) is 6.61. The maximum atomic E-state index is 12.1. The van der Waals surface area contributed by atoms with Crippen LogP contribution in [0.1, 0.15) is 41.5 Å². The summed E-state index contributed by atoms with van der Waals surface area (Å²) >= 11 is 0. The summed E-state index contributed by atoms with van der Waals surface area (Å²) in [7, 11) is 0. The number of carbonyl (C=O) groups is 2. The van der Waals surface area contributed by atoms with E-state index < -0.39 is 0 Å². The lowest BCUT2D eigenvalue weighted by atomic mass is 9.98. The monoisotopic (exact) mass is 338 g/mol. The number of rotatable bonds is 6. The molecule has 1 atom stereocenters. The van der Waals surface area contributed by atoms with Crippen molar-refractivity contribution in [2.75, 3.05) is 11.9 Å². The molecule has 2 rings (SSSR count). The zero-order valence-corrected chi connectivity index (χ0v) is 15.3. The number of aryl methyl sites for hydroxylation is 3. The van der Waals surface area contributed by atoms with Gasteiger partial charge in [-0.25, -0.2) is 0 Å². The number of hydrogen-bond donors (Lipinski definition) is 2. The molecule has 0 bridgehead atoms. The first-order valence-corrected chi connectivity index (χ1v) is 8.56. The number of carbonyl (C=O) groups excluding carboxylic acids is 2. The number of hydrogen-bond acceptors (Lipinski definition) is 2. The quantitative estimate of drug-likeness (QED) is 0.840. The minimum atomic E-state index is -0.212. The Hall–Kier alpha value is -2.62. The minimum Gasteiger partial charge on any atom is -0.347 e. The van der Waals surface area contributed by atoms with Crippen molar-refractivity contribution in [3.8, 4) is 0 Å². The summed E-state index contributed by atoms with van der Waals surface area (Å²) in [5.41, 5.74) is 5.15. The Morgan fingerprint density at radius 1 is 0.960 bits per heavy atom. The van der Waals surface area contributed by atoms with Crippen LogP contribution < -0.4 is 10.6 Å². The highest BCUT2D eigenvalue weighted by molar-refractivity contribution is 5.95. The van der Waals surface area contributed by atoms with E-state index >= 15 is 0 Å². The van der Waals surface area contributed by atoms with Crippen LogP contribution in [0.2, 0.25) is 0 Å². The van der Waals surface area contributed by atoms with Gasteiger partial charge in [0.25, 0.3) is 0 Å². The third-order valence-corrected chi connectivity index (χ3v) is 4.25. The van der Waals surface area contributed by atoms with Gasteiger partial charge < -0.3 is 10.6 Å². The SMILES string of the molecule is Cc1cc(C)c(NC(=O)CNC(=O)CC(C)c2ccccc2)c(C)c1. The van der Waals surface area contributed by atoms with Crippen molar-refractivity contribution in [3.05, 3.63) is 64.7 Å². The van der Waals surface area contributed by atoms with Crippen LogP contribution in [0, 0.1) is 20.8 Å². The fraction of sp³-hybridized carbons (Fsp3) is 0.333. The van der Waals surface area contributed by atoms with Gasteiger partial charge in [-0.15, -0.1) is 0 Å². The normalized spacial score (nSPS) is 11.7. The van der Waals surface area contributed by atoms with Crippen molar-refractivity contribution in [2.45, 2.75) is 40.0 Å². The summed E-state index contributed by atoms with van der Waals surface area (Å²) in [5, 5.41) is 5.60. The molecule has 2 amide bonds. The molecule has 4 nitrogen and oxygen atoms in total. The molecule has 2 N–H and O–H groups in total. The van der Waals surface area contributed by atoms with Gasteiger partial charge in [0, 0.05) is 12.1 Å². The van der Waals surface area contributed by atoms with Crippen LogP contribution in [0.25, 0.3) is 0 Å². The molecule has 0 aliphatic heterocycles. The van der Waals surface area contributed by atoms with E-state index in [0.29, 0.717) is 6.42 Å². The molecule has 0 saturated carbocycles. The third-order valence-electron chi connectivity index (χ3n) is 4.25. The molecule has 0 aromatic heterocycles. The summed E-state index contributed by atoms with van der Waals surface area (Å²) in [4.78, 5) is 24.2. The molecule has 25 heavy (non-hydrogen) atoms. The van der Waals surface area contributed by atoms with Crippen molar-refractivity contribution in [3.63, 3.8) is 0 Å². The molecule has 0 fully saturated rings. The van der Waals surface area contributed by atoms with E-state index in [0.717, 1.165) is 27.9 Å². The summed E-state index contributed by atoms with van der Waals surface area (Å²) in [6.07, 6.45) is 0.361. The highest BCUT2D eigenvalue weighted by Gasteiger charge is 2.13. The van der Waals surface area contributed by atoms with Crippen molar-refractivity contribution in [1.82, 2.24) is 5.32 Å². The van der Waals surface area contributed by atoms with E-state index in [1.165, 1.54) is 0 Å². The maximum absolute atomic E-state index is 12.1. The molecule has 2 aromatic rings. The topological polar surface area (TPSA) is 58.2 Å². The van der Waals surface area contributed by atoms with E-state index in [1.807, 2.05) is 70.2 Å². The molecule has 0 saturated heterocycles. The van der Waals surface area contributed by atoms with Gasteiger partial charge in [-0.05, 0) is 43.4 Å². The van der Waals surface area contributed by atoms with Crippen molar-refractivity contribution < 1.29 is 9.59 Å². The van der Waals surface area contributed by atoms with Crippen molar-refractivity contribution in [2.24, 2.45) is 0 Å². The summed E-state index contributed by atoms with van der Waals surface area (Å²) in [6.45, 7) is 7.95. The molecule has 132 valence electrons. The smallest absolute Gasteiger partial charge is 0.243 e. The summed E-state index contributed by atoms with van der Waals surface area (Å²) in [5.74, 6) is -0.217. The van der Waals surface area contributed by atoms with Crippen LogP contribution >= 0.6 is 0 Å². The van der Waals surface area contributed by atoms with E-state index in [2.05, 4.69) is 10.6 Å². The Morgan fingerprint density at radius 2 is 1.56 bits per heavy atom. The van der Waals surface area contributed by atoms with E-state index in [1.54, 1.807) is 0 Å². The Bertz CT molecular complexity index is 731. The second kappa shape index (κ2) is 8.47. The molecular formula is C21H26N2O2. The van der Waals surface area contributed by atoms with Gasteiger partial charge >= 0.3 is 0 Å². The number of nitrogens with one attached hydrogen (secondary N) is 2. The minimum absolute atomic E-state index is 0.0207. The summed E-state index contributed by atoms with van der Waals surface area (Å²) in [6, 6.07) is 14.0. The molecule has 4 heteroatoms. The second-order valence-electron chi connectivity index (χ2n) is 6.61. The highest BCUT2D eigenvalue weighted by atomic mass is 16.2. The average molecular weight is 338 g/mol. The van der Waals surface area contributed by atoms with Gasteiger partial charge in [-0.2, -0.15) is 0 Å². The average Bonchev–Trinajstić information content (AvgIpc) is 2.57. The Kier molecular flexibility index (Phi) is 6.34. The van der Waals surface area contributed by atoms with Gasteiger partial charge in [0.1, 0.15) is 0 Å². The van der Waals surface area contributed by atoms with E-state index in [4.69, 9.17) is 0 Å². The molecular weight excluding hydrogens is 312 g/mol. The fourth-order valence-corrected chi connectivity index (χ4v) is 2.99. The standard InChI is InChI=1S/C21H26N2O2/c1-14-10-16(3)21(17(4)11-14)23-20(25)13-22-19(24)12-15(2)18-8-6-5-7-9-18/h5-11,15H,12-13H2,1-4H3,(H,22,24)(H,23,25). The Morgan fingerprint density at radius 3 is 2.16 bits per heavy atom. The van der Waals surface area contributed by atoms with Gasteiger partial charge in [0.2, 0.25) is 11.8 Å². The summed E-state index contributed by atoms with van der Waals surface area (Å²) < 4.78 is 0. The number of anilines is 1. The first-order valence-electron chi connectivity index (χ1n) is 8.56. The lowest BCUT2D eigenvalue weighted by Crippen LogP contribution is -2.33. The molecule has 0 radical (unpaired) electrons. The highest BCUT2D eigenvalue weighted by Crippen LogP contribution is 2.21. The zero-order chi connectivity index (χ0) is 18.4. The Balaban J connectivity index is 1.85. The first kappa shape index (κ1) is 18.7. The fourth-order valence-electron chi connectivity index (χ4n) is 2.99. The van der Waals surface area contributed by atoms with Crippen LogP contribution in [-0.4, -0.2) is 18.4 Å². The van der Waals surface area contributed by atoms with Crippen LogP contribution in [0.5, 0.6) is 0 Å². The molecule has 1 unspecified atom stereocenters. The molecule has 0 aliphatic carbocycles. The first-order chi connectivity index (χ1) is 11.9. The van der Waals surface area contributed by atoms with Crippen LogP contribution in [0.4, 0.5) is 5.69 Å². The lowest BCUT2D eigenvalue weighted by Gasteiger charge is -2.14. The molecule has 0 spiro atoms. The van der Waals surface area contributed by atoms with Crippen LogP contribution in [0.3, 0.4) is 0 Å². The predicted octanol–water partition coefficient (Wildman–Crippen LogP) is 3.86. The predicted molar refractivity (Wildman–Crippen MR) is 102 cm³/mol. The van der Waals surface area contributed by atoms with Gasteiger partial charge in [0.15, 0.2) is 0 Å². The molecule has 0 aliphatic rings. The maximum Gasteiger partial charge on any atom is 0.243 e. The zero-order valence-electron chi connectivity index (χ0n) is 15.3. The number of amides is 2. The van der Waals surface area contributed by atoms with Gasteiger partial charge in [0.05, 0.1) is 6.54 Å². The largest absolute Gasteiger partial charge is 0.347 e. The Labute approximate surface area is 149 Å². The van der Waals surface area contributed by atoms with Crippen molar-refractivity contribution in [1.29, 1.82) is 0 Å². The van der Waals surface area contributed by atoms with Gasteiger partial charge in [-0.3, -0.25) is 9.59 Å². The third kappa shape index (κ3) is 5.45. The molecule has 2 aromatic carbocycles. The number of benzene rings is 2. The van der Waals surface area contributed by atoms with E-state index in [-0.39, 0.29) is 24.3 Å². The van der Waals surface area contributed by atoms with Crippen LogP contribution in [-0.2, 0) is 9.59 Å². The molecule has 0 heterocycles. The lowest BCUT2D eigenvalue weighted by molar-refractivity contribution is -0.124.